The zero-order valence-electron chi connectivity index (χ0n) is 11.8. The molecule has 2 N–H and O–H groups in total. The average Bonchev–Trinajstić information content (AvgIpc) is 2.24. The van der Waals surface area contributed by atoms with E-state index in [1.165, 1.54) is 0 Å². The molecule has 0 spiro atoms. The number of nitrogens with one attached hydrogen (secondary N) is 2. The summed E-state index contributed by atoms with van der Waals surface area (Å²) in [5, 5.41) is 0. The number of hydrogen-bond donors (Lipinski definition) is 2. The third-order valence-corrected chi connectivity index (χ3v) is 4.55. The van der Waals surface area contributed by atoms with Crippen LogP contribution in [0.25, 0.3) is 0 Å². The molecule has 0 atom stereocenters. The van der Waals surface area contributed by atoms with Crippen LogP contribution in [0.4, 0.5) is 0 Å². The van der Waals surface area contributed by atoms with Crippen LogP contribution in [0.5, 0.6) is 0 Å². The Morgan fingerprint density at radius 2 is 1.50 bits per heavy atom. The van der Waals surface area contributed by atoms with Gasteiger partial charge in [-0.3, -0.25) is 0 Å². The molecule has 0 saturated carbocycles. The number of benzene rings is 1. The van der Waals surface area contributed by atoms with E-state index in [4.69, 9.17) is 0 Å². The molecule has 1 rings (SSSR count). The molecule has 0 aromatic heterocycles. The van der Waals surface area contributed by atoms with Gasteiger partial charge in [-0.05, 0) is 25.0 Å². The molecule has 0 aliphatic rings. The molecule has 0 aliphatic carbocycles. The van der Waals surface area contributed by atoms with Crippen molar-refractivity contribution in [1.29, 1.82) is 0 Å². The van der Waals surface area contributed by atoms with Gasteiger partial charge in [-0.2, -0.15) is 0 Å². The van der Waals surface area contributed by atoms with Crippen LogP contribution in [0, 0.1) is 0 Å². The monoisotopic (exact) mass is 320 g/mol. The lowest BCUT2D eigenvalue weighted by atomic mass is 10.1. The molecule has 20 heavy (non-hydrogen) atoms. The van der Waals surface area contributed by atoms with Crippen molar-refractivity contribution in [3.05, 3.63) is 35.4 Å². The lowest BCUT2D eigenvalue weighted by Gasteiger charge is -2.10. The van der Waals surface area contributed by atoms with E-state index in [2.05, 4.69) is 9.44 Å². The Kier molecular flexibility index (Phi) is 5.69. The summed E-state index contributed by atoms with van der Waals surface area (Å²) in [4.78, 5) is 0. The molecule has 0 amide bonds. The van der Waals surface area contributed by atoms with Crippen LogP contribution < -0.4 is 9.44 Å². The maximum absolute atomic E-state index is 11.7. The summed E-state index contributed by atoms with van der Waals surface area (Å²) in [6.45, 7) is 3.71. The molecule has 0 unspecified atom stereocenters. The fourth-order valence-electron chi connectivity index (χ4n) is 1.59. The Balaban J connectivity index is 2.68. The Morgan fingerprint density at radius 3 is 1.95 bits per heavy atom. The van der Waals surface area contributed by atoms with Gasteiger partial charge in [0.25, 0.3) is 0 Å². The Hall–Kier alpha value is -0.960. The second-order valence-corrected chi connectivity index (χ2v) is 8.53. The Morgan fingerprint density at radius 1 is 1.00 bits per heavy atom. The molecule has 0 heterocycles. The molecule has 0 radical (unpaired) electrons. The SMILES string of the molecule is CC(C)NS(=O)(=O)Cc1ccc(CNS(C)(=O)=O)cc1. The van der Waals surface area contributed by atoms with Crippen molar-refractivity contribution in [3.8, 4) is 0 Å². The van der Waals surface area contributed by atoms with Crippen LogP contribution in [0.15, 0.2) is 24.3 Å². The predicted octanol–water partition coefficient (Wildman–Crippen LogP) is 0.564. The van der Waals surface area contributed by atoms with Gasteiger partial charge in [-0.15, -0.1) is 0 Å². The van der Waals surface area contributed by atoms with E-state index in [0.29, 0.717) is 5.56 Å². The lowest BCUT2D eigenvalue weighted by Crippen LogP contribution is -2.31. The van der Waals surface area contributed by atoms with Crippen LogP contribution >= 0.6 is 0 Å². The zero-order chi connectivity index (χ0) is 15.4. The third-order valence-electron chi connectivity index (χ3n) is 2.33. The van der Waals surface area contributed by atoms with Crippen LogP contribution in [0.2, 0.25) is 0 Å². The van der Waals surface area contributed by atoms with Crippen molar-refractivity contribution in [2.75, 3.05) is 6.26 Å². The third kappa shape index (κ3) is 6.99. The first-order valence-electron chi connectivity index (χ1n) is 6.10. The highest BCUT2D eigenvalue weighted by Crippen LogP contribution is 2.08. The molecule has 0 saturated heterocycles. The summed E-state index contributed by atoms with van der Waals surface area (Å²) < 4.78 is 50.3. The van der Waals surface area contributed by atoms with Gasteiger partial charge < -0.3 is 0 Å². The topological polar surface area (TPSA) is 92.3 Å². The van der Waals surface area contributed by atoms with Crippen molar-refractivity contribution in [2.45, 2.75) is 32.2 Å². The number of hydrogen-bond acceptors (Lipinski definition) is 4. The largest absolute Gasteiger partial charge is 0.216 e. The van der Waals surface area contributed by atoms with Crippen molar-refractivity contribution in [2.24, 2.45) is 0 Å². The van der Waals surface area contributed by atoms with Gasteiger partial charge >= 0.3 is 0 Å². The van der Waals surface area contributed by atoms with E-state index < -0.39 is 20.0 Å². The highest BCUT2D eigenvalue weighted by atomic mass is 32.2. The van der Waals surface area contributed by atoms with Crippen LogP contribution in [0.1, 0.15) is 25.0 Å². The quantitative estimate of drug-likeness (QED) is 0.768. The van der Waals surface area contributed by atoms with Gasteiger partial charge in [0, 0.05) is 12.6 Å². The summed E-state index contributed by atoms with van der Waals surface area (Å²) >= 11 is 0. The van der Waals surface area contributed by atoms with E-state index in [0.717, 1.165) is 11.8 Å². The number of sulfonamides is 2. The smallest absolute Gasteiger partial charge is 0.213 e. The molecular formula is C12H20N2O4S2. The van der Waals surface area contributed by atoms with Crippen LogP contribution in [-0.4, -0.2) is 29.1 Å². The highest BCUT2D eigenvalue weighted by Gasteiger charge is 2.12. The minimum Gasteiger partial charge on any atom is -0.213 e. The first-order chi connectivity index (χ1) is 9.07. The molecule has 0 aliphatic heterocycles. The standard InChI is InChI=1S/C12H20N2O4S2/c1-10(2)14-20(17,18)9-12-6-4-11(5-7-12)8-13-19(3,15)16/h4-7,10,13-14H,8-9H2,1-3H3. The summed E-state index contributed by atoms with van der Waals surface area (Å²) in [6.07, 6.45) is 1.09. The van der Waals surface area contributed by atoms with Crippen molar-refractivity contribution >= 4 is 20.0 Å². The molecule has 1 aromatic carbocycles. The average molecular weight is 320 g/mol. The van der Waals surface area contributed by atoms with Gasteiger partial charge in [-0.1, -0.05) is 24.3 Å². The van der Waals surface area contributed by atoms with E-state index in [9.17, 15) is 16.8 Å². The molecule has 114 valence electrons. The molecule has 0 bridgehead atoms. The maximum atomic E-state index is 11.7. The second-order valence-electron chi connectivity index (χ2n) is 4.94. The Labute approximate surface area is 120 Å². The normalized spacial score (nSPS) is 12.8. The summed E-state index contributed by atoms with van der Waals surface area (Å²) in [6, 6.07) is 6.63. The van der Waals surface area contributed by atoms with E-state index in [1.54, 1.807) is 38.1 Å². The van der Waals surface area contributed by atoms with Crippen LogP contribution in [-0.2, 0) is 32.3 Å². The maximum Gasteiger partial charge on any atom is 0.216 e. The van der Waals surface area contributed by atoms with Crippen LogP contribution in [0.3, 0.4) is 0 Å². The summed E-state index contributed by atoms with van der Waals surface area (Å²) in [5.41, 5.74) is 1.43. The first-order valence-corrected chi connectivity index (χ1v) is 9.64. The first kappa shape index (κ1) is 17.1. The zero-order valence-corrected chi connectivity index (χ0v) is 13.4. The molecular weight excluding hydrogens is 300 g/mol. The van der Waals surface area contributed by atoms with E-state index in [-0.39, 0.29) is 18.3 Å². The molecule has 0 fully saturated rings. The van der Waals surface area contributed by atoms with Gasteiger partial charge in [0.2, 0.25) is 20.0 Å². The van der Waals surface area contributed by atoms with Crippen molar-refractivity contribution < 1.29 is 16.8 Å². The van der Waals surface area contributed by atoms with E-state index in [1.807, 2.05) is 0 Å². The number of rotatable bonds is 7. The minimum absolute atomic E-state index is 0.0923. The lowest BCUT2D eigenvalue weighted by molar-refractivity contribution is 0.569. The van der Waals surface area contributed by atoms with E-state index >= 15 is 0 Å². The fourth-order valence-corrected chi connectivity index (χ4v) is 3.45. The predicted molar refractivity (Wildman–Crippen MR) is 79.0 cm³/mol. The van der Waals surface area contributed by atoms with Gasteiger partial charge in [-0.25, -0.2) is 26.3 Å². The van der Waals surface area contributed by atoms with Gasteiger partial charge in [0.15, 0.2) is 0 Å². The molecule has 8 heteroatoms. The van der Waals surface area contributed by atoms with Crippen molar-refractivity contribution in [1.82, 2.24) is 9.44 Å². The van der Waals surface area contributed by atoms with Gasteiger partial charge in [0.1, 0.15) is 0 Å². The Bertz CT molecular complexity index is 635. The van der Waals surface area contributed by atoms with Crippen molar-refractivity contribution in [3.63, 3.8) is 0 Å². The summed E-state index contributed by atoms with van der Waals surface area (Å²) in [7, 11) is -6.57. The fraction of sp³-hybridized carbons (Fsp3) is 0.500. The van der Waals surface area contributed by atoms with Gasteiger partial charge in [0.05, 0.1) is 12.0 Å². The highest BCUT2D eigenvalue weighted by molar-refractivity contribution is 7.88. The summed E-state index contributed by atoms with van der Waals surface area (Å²) in [5.74, 6) is -0.0923. The molecule has 6 nitrogen and oxygen atoms in total. The molecule has 1 aromatic rings. The minimum atomic E-state index is -3.34. The second kappa shape index (κ2) is 6.66.